The summed E-state index contributed by atoms with van der Waals surface area (Å²) in [4.78, 5) is 14.1. The number of aromatic amines is 1. The normalized spacial score (nSPS) is 12.2. The lowest BCUT2D eigenvalue weighted by Gasteiger charge is -2.21. The molecule has 142 valence electrons. The molecule has 2 aromatic carbocycles. The summed E-state index contributed by atoms with van der Waals surface area (Å²) in [5.41, 5.74) is 5.55. The van der Waals surface area contributed by atoms with E-state index < -0.39 is 5.97 Å². The Kier molecular flexibility index (Phi) is 5.17. The van der Waals surface area contributed by atoms with E-state index in [2.05, 4.69) is 46.9 Å². The Morgan fingerprint density at radius 2 is 1.96 bits per heavy atom. The second-order valence-corrected chi connectivity index (χ2v) is 7.59. The van der Waals surface area contributed by atoms with E-state index in [0.717, 1.165) is 28.0 Å². The number of rotatable bonds is 7. The maximum atomic E-state index is 10.8. The Hall–Kier alpha value is -3.05. The fourth-order valence-electron chi connectivity index (χ4n) is 3.44. The third-order valence-electron chi connectivity index (χ3n) is 4.96. The van der Waals surface area contributed by atoms with Gasteiger partial charge in [0.2, 0.25) is 0 Å². The molecular formula is C23H21NO3S. The van der Waals surface area contributed by atoms with Gasteiger partial charge in [-0.15, -0.1) is 0 Å². The summed E-state index contributed by atoms with van der Waals surface area (Å²) in [6.07, 6.45) is 2.40. The molecule has 28 heavy (non-hydrogen) atoms. The maximum absolute atomic E-state index is 10.8. The fraction of sp³-hybridized carbons (Fsp3) is 0.174. The molecule has 1 unspecified atom stereocenters. The van der Waals surface area contributed by atoms with Crippen molar-refractivity contribution in [2.45, 2.75) is 25.9 Å². The zero-order chi connectivity index (χ0) is 19.5. The lowest BCUT2D eigenvalue weighted by atomic mass is 9.97. The van der Waals surface area contributed by atoms with Crippen molar-refractivity contribution in [3.63, 3.8) is 0 Å². The van der Waals surface area contributed by atoms with Crippen molar-refractivity contribution in [2.75, 3.05) is 0 Å². The Labute approximate surface area is 167 Å². The Bertz CT molecular complexity index is 1080. The van der Waals surface area contributed by atoms with E-state index in [0.29, 0.717) is 6.42 Å². The number of nitrogens with one attached hydrogen (secondary N) is 1. The summed E-state index contributed by atoms with van der Waals surface area (Å²) in [6, 6.07) is 16.1. The predicted octanol–water partition coefficient (Wildman–Crippen LogP) is 5.72. The number of aryl methyl sites for hydroxylation is 2. The average Bonchev–Trinajstić information content (AvgIpc) is 3.38. The summed E-state index contributed by atoms with van der Waals surface area (Å²) in [5.74, 6) is -0.0192. The minimum absolute atomic E-state index is 0.132. The van der Waals surface area contributed by atoms with Crippen molar-refractivity contribution in [3.8, 4) is 5.75 Å². The Morgan fingerprint density at radius 3 is 2.68 bits per heavy atom. The second-order valence-electron chi connectivity index (χ2n) is 6.81. The first kappa shape index (κ1) is 18.3. The molecule has 4 rings (SSSR count). The van der Waals surface area contributed by atoms with Gasteiger partial charge in [-0.05, 0) is 64.9 Å². The number of fused-ring (bicyclic) bond motifs is 1. The van der Waals surface area contributed by atoms with Crippen LogP contribution in [-0.2, 0) is 11.2 Å². The Balaban J connectivity index is 1.64. The van der Waals surface area contributed by atoms with Crippen molar-refractivity contribution in [1.29, 1.82) is 0 Å². The van der Waals surface area contributed by atoms with Crippen LogP contribution in [0, 0.1) is 6.92 Å². The third kappa shape index (κ3) is 3.80. The van der Waals surface area contributed by atoms with E-state index in [1.807, 2.05) is 30.5 Å². The summed E-state index contributed by atoms with van der Waals surface area (Å²) >= 11 is 1.65. The maximum Gasteiger partial charge on any atom is 0.303 e. The van der Waals surface area contributed by atoms with Crippen molar-refractivity contribution in [1.82, 2.24) is 4.98 Å². The number of ether oxygens (including phenoxy) is 1. The van der Waals surface area contributed by atoms with Gasteiger partial charge in [-0.25, -0.2) is 0 Å². The van der Waals surface area contributed by atoms with Crippen LogP contribution in [0.15, 0.2) is 65.5 Å². The first-order chi connectivity index (χ1) is 13.6. The number of carboxylic acids is 1. The Morgan fingerprint density at radius 1 is 1.14 bits per heavy atom. The summed E-state index contributed by atoms with van der Waals surface area (Å²) < 4.78 is 6.41. The highest BCUT2D eigenvalue weighted by Crippen LogP contribution is 2.34. The molecule has 5 heteroatoms. The van der Waals surface area contributed by atoms with E-state index >= 15 is 0 Å². The SMILES string of the molecule is Cc1c(C(Oc2ccc(CCC(=O)O)cc2)c2ccsc2)ccc2cc[nH]c12. The molecule has 2 N–H and O–H groups in total. The molecule has 0 spiro atoms. The van der Waals surface area contributed by atoms with Gasteiger partial charge in [-0.2, -0.15) is 11.3 Å². The van der Waals surface area contributed by atoms with E-state index in [1.165, 1.54) is 10.9 Å². The first-order valence-corrected chi connectivity index (χ1v) is 10.1. The van der Waals surface area contributed by atoms with Crippen molar-refractivity contribution < 1.29 is 14.6 Å². The number of carbonyl (C=O) groups is 1. The first-order valence-electron chi connectivity index (χ1n) is 9.18. The van der Waals surface area contributed by atoms with E-state index in [-0.39, 0.29) is 12.5 Å². The smallest absolute Gasteiger partial charge is 0.303 e. The highest BCUT2D eigenvalue weighted by atomic mass is 32.1. The molecular weight excluding hydrogens is 370 g/mol. The number of aromatic nitrogens is 1. The molecule has 0 radical (unpaired) electrons. The van der Waals surface area contributed by atoms with Gasteiger partial charge in [0, 0.05) is 29.3 Å². The van der Waals surface area contributed by atoms with E-state index in [9.17, 15) is 4.79 Å². The molecule has 2 heterocycles. The number of aliphatic carboxylic acids is 1. The molecule has 2 aromatic heterocycles. The van der Waals surface area contributed by atoms with Gasteiger partial charge in [0.15, 0.2) is 0 Å². The third-order valence-corrected chi connectivity index (χ3v) is 5.66. The second kappa shape index (κ2) is 7.90. The lowest BCUT2D eigenvalue weighted by molar-refractivity contribution is -0.136. The summed E-state index contributed by atoms with van der Waals surface area (Å²) in [5, 5.41) is 14.2. The predicted molar refractivity (Wildman–Crippen MR) is 112 cm³/mol. The molecule has 0 aliphatic heterocycles. The van der Waals surface area contributed by atoms with Crippen LogP contribution in [0.3, 0.4) is 0 Å². The minimum Gasteiger partial charge on any atom is -0.481 e. The fourth-order valence-corrected chi connectivity index (χ4v) is 4.11. The molecule has 0 saturated carbocycles. The van der Waals surface area contributed by atoms with Crippen LogP contribution in [0.2, 0.25) is 0 Å². The molecule has 0 bridgehead atoms. The van der Waals surface area contributed by atoms with Crippen LogP contribution >= 0.6 is 11.3 Å². The average molecular weight is 391 g/mol. The highest BCUT2D eigenvalue weighted by molar-refractivity contribution is 7.08. The van der Waals surface area contributed by atoms with Gasteiger partial charge in [0.1, 0.15) is 11.9 Å². The zero-order valence-corrected chi connectivity index (χ0v) is 16.3. The van der Waals surface area contributed by atoms with Crippen LogP contribution in [0.5, 0.6) is 5.75 Å². The zero-order valence-electron chi connectivity index (χ0n) is 15.5. The molecule has 0 aliphatic carbocycles. The van der Waals surface area contributed by atoms with Crippen molar-refractivity contribution in [3.05, 3.63) is 87.7 Å². The lowest BCUT2D eigenvalue weighted by Crippen LogP contribution is -2.10. The molecule has 0 amide bonds. The van der Waals surface area contributed by atoms with Gasteiger partial charge >= 0.3 is 5.97 Å². The highest BCUT2D eigenvalue weighted by Gasteiger charge is 2.20. The van der Waals surface area contributed by atoms with E-state index in [1.54, 1.807) is 11.3 Å². The standard InChI is InChI=1S/C23H21NO3S/c1-15-20(8-5-17-10-12-24-22(15)17)23(18-11-13-28-14-18)27-19-6-2-16(3-7-19)4-9-21(25)26/h2-3,5-8,10-14,23-24H,4,9H2,1H3,(H,25,26). The molecule has 4 nitrogen and oxygen atoms in total. The van der Waals surface area contributed by atoms with Crippen LogP contribution in [-0.4, -0.2) is 16.1 Å². The number of thiophene rings is 1. The number of hydrogen-bond donors (Lipinski definition) is 2. The minimum atomic E-state index is -0.784. The topological polar surface area (TPSA) is 62.3 Å². The van der Waals surface area contributed by atoms with E-state index in [4.69, 9.17) is 9.84 Å². The number of benzene rings is 2. The van der Waals surface area contributed by atoms with Crippen molar-refractivity contribution in [2.24, 2.45) is 0 Å². The van der Waals surface area contributed by atoms with Crippen LogP contribution in [0.4, 0.5) is 0 Å². The number of H-pyrrole nitrogens is 1. The molecule has 4 aromatic rings. The summed E-state index contributed by atoms with van der Waals surface area (Å²) in [6.45, 7) is 2.12. The van der Waals surface area contributed by atoms with Crippen LogP contribution < -0.4 is 4.74 Å². The van der Waals surface area contributed by atoms with Gasteiger partial charge in [0.05, 0.1) is 0 Å². The van der Waals surface area contributed by atoms with Gasteiger partial charge in [-0.1, -0.05) is 24.3 Å². The monoisotopic (exact) mass is 391 g/mol. The largest absolute Gasteiger partial charge is 0.481 e. The van der Waals surface area contributed by atoms with Gasteiger partial charge < -0.3 is 14.8 Å². The number of carboxylic acid groups (broad SMARTS) is 1. The van der Waals surface area contributed by atoms with Crippen LogP contribution in [0.25, 0.3) is 10.9 Å². The molecule has 0 aliphatic rings. The van der Waals surface area contributed by atoms with Crippen molar-refractivity contribution >= 4 is 28.2 Å². The summed E-state index contributed by atoms with van der Waals surface area (Å²) in [7, 11) is 0. The quantitative estimate of drug-likeness (QED) is 0.423. The molecule has 0 saturated heterocycles. The number of hydrogen-bond acceptors (Lipinski definition) is 3. The molecule has 0 fully saturated rings. The molecule has 1 atom stereocenters. The van der Waals surface area contributed by atoms with Crippen LogP contribution in [0.1, 0.15) is 34.8 Å². The van der Waals surface area contributed by atoms with Gasteiger partial charge in [-0.3, -0.25) is 4.79 Å². The van der Waals surface area contributed by atoms with Gasteiger partial charge in [0.25, 0.3) is 0 Å².